The van der Waals surface area contributed by atoms with E-state index in [4.69, 9.17) is 0 Å². The highest BCUT2D eigenvalue weighted by molar-refractivity contribution is 7.25. The highest BCUT2D eigenvalue weighted by Crippen LogP contribution is 2.39. The Morgan fingerprint density at radius 1 is 0.438 bits per heavy atom. The van der Waals surface area contributed by atoms with Gasteiger partial charge in [0.05, 0.1) is 0 Å². The van der Waals surface area contributed by atoms with Crippen molar-refractivity contribution in [1.29, 1.82) is 0 Å². The Hall–Kier alpha value is -3.88. The summed E-state index contributed by atoms with van der Waals surface area (Å²) in [6.07, 6.45) is 0. The van der Waals surface area contributed by atoms with Crippen LogP contribution in [0.1, 0.15) is 0 Å². The summed E-state index contributed by atoms with van der Waals surface area (Å²) in [7, 11) is 0. The molecule has 6 aromatic rings. The molecular formula is C30H21NS. The first-order valence-electron chi connectivity index (χ1n) is 10.8. The lowest BCUT2D eigenvalue weighted by molar-refractivity contribution is 1.56. The summed E-state index contributed by atoms with van der Waals surface area (Å²) in [5, 5.41) is 6.25. The first-order chi connectivity index (χ1) is 15.8. The number of hydrogen-bond donors (Lipinski definition) is 1. The molecule has 1 N–H and O–H groups in total. The average molecular weight is 428 g/mol. The molecule has 152 valence electrons. The molecule has 0 bridgehead atoms. The third kappa shape index (κ3) is 3.45. The zero-order valence-corrected chi connectivity index (χ0v) is 18.3. The maximum Gasteiger partial charge on any atom is 0.0478 e. The van der Waals surface area contributed by atoms with Crippen LogP contribution in [0.25, 0.3) is 42.4 Å². The van der Waals surface area contributed by atoms with Crippen LogP contribution in [0.5, 0.6) is 0 Å². The molecule has 0 amide bonds. The Morgan fingerprint density at radius 3 is 1.72 bits per heavy atom. The quantitative estimate of drug-likeness (QED) is 0.296. The maximum atomic E-state index is 3.64. The number of benzene rings is 5. The Balaban J connectivity index is 1.28. The zero-order valence-electron chi connectivity index (χ0n) is 17.5. The second-order valence-corrected chi connectivity index (χ2v) is 9.01. The average Bonchev–Trinajstić information content (AvgIpc) is 3.25. The van der Waals surface area contributed by atoms with Crippen molar-refractivity contribution < 1.29 is 0 Å². The summed E-state index contributed by atoms with van der Waals surface area (Å²) in [4.78, 5) is 0. The molecule has 6 rings (SSSR count). The molecule has 1 aromatic heterocycles. The van der Waals surface area contributed by atoms with Gasteiger partial charge in [0.2, 0.25) is 0 Å². The van der Waals surface area contributed by atoms with Gasteiger partial charge in [-0.25, -0.2) is 0 Å². The summed E-state index contributed by atoms with van der Waals surface area (Å²) in [6.45, 7) is 0. The van der Waals surface area contributed by atoms with Crippen molar-refractivity contribution in [2.24, 2.45) is 0 Å². The van der Waals surface area contributed by atoms with Crippen molar-refractivity contribution in [1.82, 2.24) is 0 Å². The topological polar surface area (TPSA) is 12.0 Å². The molecule has 0 aliphatic carbocycles. The van der Waals surface area contributed by atoms with Gasteiger partial charge in [0.1, 0.15) is 0 Å². The minimum absolute atomic E-state index is 1.09. The first-order valence-corrected chi connectivity index (χ1v) is 11.6. The van der Waals surface area contributed by atoms with Crippen molar-refractivity contribution in [3.05, 3.63) is 121 Å². The molecule has 0 atom stereocenters. The fourth-order valence-corrected chi connectivity index (χ4v) is 5.40. The molecule has 1 nitrogen and oxygen atoms in total. The van der Waals surface area contributed by atoms with Gasteiger partial charge in [-0.3, -0.25) is 0 Å². The standard InChI is InChI=1S/C30H21NS/c1-2-7-21(8-3-1)22-13-15-23(16-14-22)24-17-19-25(20-18-24)31-27-10-6-12-29-30(27)26-9-4-5-11-28(26)32-29/h1-20,31H. The minimum atomic E-state index is 1.09. The lowest BCUT2D eigenvalue weighted by Gasteiger charge is -2.10. The highest BCUT2D eigenvalue weighted by Gasteiger charge is 2.09. The molecule has 0 fully saturated rings. The summed E-state index contributed by atoms with van der Waals surface area (Å²) in [5.74, 6) is 0. The van der Waals surface area contributed by atoms with Crippen LogP contribution < -0.4 is 5.32 Å². The number of nitrogens with one attached hydrogen (secondary N) is 1. The van der Waals surface area contributed by atoms with Crippen molar-refractivity contribution in [2.75, 3.05) is 5.32 Å². The number of anilines is 2. The number of fused-ring (bicyclic) bond motifs is 3. The molecule has 0 radical (unpaired) electrons. The molecule has 0 unspecified atom stereocenters. The largest absolute Gasteiger partial charge is 0.355 e. The van der Waals surface area contributed by atoms with Crippen LogP contribution in [-0.4, -0.2) is 0 Å². The van der Waals surface area contributed by atoms with Crippen LogP contribution >= 0.6 is 11.3 Å². The predicted octanol–water partition coefficient (Wildman–Crippen LogP) is 9.13. The van der Waals surface area contributed by atoms with Crippen molar-refractivity contribution >= 4 is 42.9 Å². The van der Waals surface area contributed by atoms with Crippen LogP contribution in [0, 0.1) is 0 Å². The van der Waals surface area contributed by atoms with E-state index in [2.05, 4.69) is 127 Å². The van der Waals surface area contributed by atoms with E-state index >= 15 is 0 Å². The predicted molar refractivity (Wildman–Crippen MR) is 140 cm³/mol. The normalized spacial score (nSPS) is 11.1. The monoisotopic (exact) mass is 427 g/mol. The summed E-state index contributed by atoms with van der Waals surface area (Å²) < 4.78 is 2.64. The summed E-state index contributed by atoms with van der Waals surface area (Å²) in [6, 6.07) is 43.1. The van der Waals surface area contributed by atoms with Gasteiger partial charge < -0.3 is 5.32 Å². The molecule has 5 aromatic carbocycles. The van der Waals surface area contributed by atoms with Crippen LogP contribution in [0.15, 0.2) is 121 Å². The third-order valence-electron chi connectivity index (χ3n) is 5.89. The second-order valence-electron chi connectivity index (χ2n) is 7.92. The number of rotatable bonds is 4. The Bertz CT molecular complexity index is 1510. The smallest absolute Gasteiger partial charge is 0.0478 e. The van der Waals surface area contributed by atoms with Gasteiger partial charge in [0, 0.05) is 31.5 Å². The zero-order chi connectivity index (χ0) is 21.3. The van der Waals surface area contributed by atoms with E-state index in [-0.39, 0.29) is 0 Å². The lowest BCUT2D eigenvalue weighted by Crippen LogP contribution is -1.90. The van der Waals surface area contributed by atoms with E-state index in [1.165, 1.54) is 42.4 Å². The molecular weight excluding hydrogens is 406 g/mol. The third-order valence-corrected chi connectivity index (χ3v) is 7.03. The molecule has 32 heavy (non-hydrogen) atoms. The van der Waals surface area contributed by atoms with Crippen LogP contribution in [0.4, 0.5) is 11.4 Å². The van der Waals surface area contributed by atoms with Gasteiger partial charge in [-0.15, -0.1) is 11.3 Å². The van der Waals surface area contributed by atoms with E-state index in [1.54, 1.807) is 0 Å². The van der Waals surface area contributed by atoms with E-state index in [1.807, 2.05) is 11.3 Å². The minimum Gasteiger partial charge on any atom is -0.355 e. The van der Waals surface area contributed by atoms with Crippen LogP contribution in [-0.2, 0) is 0 Å². The van der Waals surface area contributed by atoms with Crippen LogP contribution in [0.3, 0.4) is 0 Å². The molecule has 2 heteroatoms. The highest BCUT2D eigenvalue weighted by atomic mass is 32.1. The van der Waals surface area contributed by atoms with Crippen molar-refractivity contribution in [3.8, 4) is 22.3 Å². The van der Waals surface area contributed by atoms with Gasteiger partial charge in [0.25, 0.3) is 0 Å². The maximum absolute atomic E-state index is 3.64. The fourth-order valence-electron chi connectivity index (χ4n) is 4.27. The van der Waals surface area contributed by atoms with Crippen molar-refractivity contribution in [2.45, 2.75) is 0 Å². The second kappa shape index (κ2) is 7.99. The van der Waals surface area contributed by atoms with Gasteiger partial charge in [-0.1, -0.05) is 91.0 Å². The molecule has 0 spiro atoms. The van der Waals surface area contributed by atoms with E-state index in [0.717, 1.165) is 11.4 Å². The molecule has 0 saturated heterocycles. The fraction of sp³-hybridized carbons (Fsp3) is 0. The Labute approximate surface area is 191 Å². The van der Waals surface area contributed by atoms with Gasteiger partial charge >= 0.3 is 0 Å². The molecule has 1 heterocycles. The Kier molecular flexibility index (Phi) is 4.71. The Morgan fingerprint density at radius 2 is 1.00 bits per heavy atom. The van der Waals surface area contributed by atoms with Gasteiger partial charge in [-0.2, -0.15) is 0 Å². The van der Waals surface area contributed by atoms with Crippen LogP contribution in [0.2, 0.25) is 0 Å². The lowest BCUT2D eigenvalue weighted by atomic mass is 10.0. The number of thiophene rings is 1. The van der Waals surface area contributed by atoms with E-state index in [0.29, 0.717) is 0 Å². The molecule has 0 aliphatic rings. The summed E-state index contributed by atoms with van der Waals surface area (Å²) in [5.41, 5.74) is 7.17. The van der Waals surface area contributed by atoms with Crippen molar-refractivity contribution in [3.63, 3.8) is 0 Å². The number of hydrogen-bond acceptors (Lipinski definition) is 2. The van der Waals surface area contributed by atoms with E-state index in [9.17, 15) is 0 Å². The SMILES string of the molecule is c1ccc(-c2ccc(-c3ccc(Nc4cccc5sc6ccccc6c45)cc3)cc2)cc1. The first kappa shape index (κ1) is 18.9. The van der Waals surface area contributed by atoms with Gasteiger partial charge in [-0.05, 0) is 52.6 Å². The molecule has 0 saturated carbocycles. The van der Waals surface area contributed by atoms with E-state index < -0.39 is 0 Å². The molecule has 0 aliphatic heterocycles. The van der Waals surface area contributed by atoms with Gasteiger partial charge in [0.15, 0.2) is 0 Å². The summed E-state index contributed by atoms with van der Waals surface area (Å²) >= 11 is 1.85.